The summed E-state index contributed by atoms with van der Waals surface area (Å²) in [4.78, 5) is 1.80. The fourth-order valence-electron chi connectivity index (χ4n) is 2.57. The van der Waals surface area contributed by atoms with Crippen molar-refractivity contribution in [3.8, 4) is 0 Å². The number of fused-ring (bicyclic) bond motifs is 1. The average molecular weight is 175 g/mol. The third kappa shape index (κ3) is 0.927. The van der Waals surface area contributed by atoms with Gasteiger partial charge in [-0.2, -0.15) is 0 Å². The largest absolute Gasteiger partial charge is 0.394 e. The van der Waals surface area contributed by atoms with Crippen molar-refractivity contribution in [3.63, 3.8) is 0 Å². The van der Waals surface area contributed by atoms with Crippen LogP contribution >= 0.6 is 0 Å². The summed E-state index contributed by atoms with van der Waals surface area (Å²) in [6, 6.07) is -0.264. The Morgan fingerprint density at radius 2 is 2.58 bits per heavy atom. The minimum Gasteiger partial charge on any atom is -0.394 e. The molecule has 0 aliphatic carbocycles. The van der Waals surface area contributed by atoms with Crippen LogP contribution in [-0.2, 0) is 0 Å². The number of alkyl halides is 1. The fraction of sp³-hybridized carbons (Fsp3) is 1.00. The van der Waals surface area contributed by atoms with Crippen LogP contribution in [0.3, 0.4) is 0 Å². The summed E-state index contributed by atoms with van der Waals surface area (Å²) in [5, 5.41) is 9.54. The Morgan fingerprint density at radius 3 is 3.17 bits per heavy atom. The molecule has 70 valence electrons. The smallest absolute Gasteiger partial charge is 0.117 e. The Bertz CT molecular complexity index is 245. The Labute approximate surface area is 75.2 Å². The van der Waals surface area contributed by atoms with Crippen molar-refractivity contribution < 1.29 is 12.2 Å². The minimum atomic E-state index is -2.29. The first kappa shape index (κ1) is 6.33. The number of nitrogens with zero attached hydrogens (tertiary/aromatic N) is 1. The number of hydrogen-bond donors (Lipinski definition) is 1. The molecule has 1 N–H and O–H groups in total. The van der Waals surface area contributed by atoms with Gasteiger partial charge in [0, 0.05) is 18.0 Å². The van der Waals surface area contributed by atoms with Gasteiger partial charge in [-0.05, 0) is 26.3 Å². The second-order valence-electron chi connectivity index (χ2n) is 3.90. The van der Waals surface area contributed by atoms with Crippen LogP contribution in [0.2, 0.25) is 0 Å². The van der Waals surface area contributed by atoms with Crippen LogP contribution in [0.1, 0.15) is 28.9 Å². The average Bonchev–Trinajstić information content (AvgIpc) is 2.54. The van der Waals surface area contributed by atoms with E-state index >= 15 is 0 Å². The molecular formula is C9H16FNO. The van der Waals surface area contributed by atoms with Crippen molar-refractivity contribution in [2.24, 2.45) is 0 Å². The highest BCUT2D eigenvalue weighted by molar-refractivity contribution is 5.06. The molecule has 0 aromatic carbocycles. The number of aliphatic hydroxyl groups is 1. The second-order valence-corrected chi connectivity index (χ2v) is 3.90. The van der Waals surface area contributed by atoms with E-state index in [9.17, 15) is 9.50 Å². The van der Waals surface area contributed by atoms with E-state index in [4.69, 9.17) is 2.74 Å². The van der Waals surface area contributed by atoms with Crippen LogP contribution in [0.5, 0.6) is 0 Å². The van der Waals surface area contributed by atoms with E-state index in [1.54, 1.807) is 11.8 Å². The summed E-state index contributed by atoms with van der Waals surface area (Å²) >= 11 is 0. The molecule has 0 unspecified atom stereocenters. The van der Waals surface area contributed by atoms with Crippen LogP contribution in [0.15, 0.2) is 0 Å². The maximum absolute atomic E-state index is 13.5. The molecular weight excluding hydrogens is 157 g/mol. The number of rotatable bonds is 1. The van der Waals surface area contributed by atoms with Crippen molar-refractivity contribution in [2.45, 2.75) is 43.9 Å². The predicted octanol–water partition coefficient (Wildman–Crippen LogP) is 0.944. The zero-order chi connectivity index (χ0) is 10.6. The van der Waals surface area contributed by atoms with Crippen LogP contribution in [0, 0.1) is 0 Å². The number of hydrogen-bond acceptors (Lipinski definition) is 2. The fourth-order valence-corrected chi connectivity index (χ4v) is 2.57. The van der Waals surface area contributed by atoms with E-state index in [1.807, 2.05) is 0 Å². The van der Waals surface area contributed by atoms with Gasteiger partial charge in [0.15, 0.2) is 0 Å². The lowest BCUT2D eigenvalue weighted by Crippen LogP contribution is -2.44. The van der Waals surface area contributed by atoms with Gasteiger partial charge in [0.25, 0.3) is 0 Å². The molecule has 0 bridgehead atoms. The van der Waals surface area contributed by atoms with E-state index in [-0.39, 0.29) is 12.5 Å². The zero-order valence-corrected chi connectivity index (χ0v) is 7.26. The molecule has 2 fully saturated rings. The first-order chi connectivity index (χ1) is 6.38. The second kappa shape index (κ2) is 2.67. The number of halogens is 1. The highest BCUT2D eigenvalue weighted by Crippen LogP contribution is 2.42. The van der Waals surface area contributed by atoms with E-state index in [2.05, 4.69) is 0 Å². The lowest BCUT2D eigenvalue weighted by Gasteiger charge is -2.31. The lowest BCUT2D eigenvalue weighted by molar-refractivity contribution is 0.0810. The molecule has 3 atom stereocenters. The van der Waals surface area contributed by atoms with Gasteiger partial charge in [-0.25, -0.2) is 4.39 Å². The Hall–Kier alpha value is -0.150. The van der Waals surface area contributed by atoms with Gasteiger partial charge in [0.1, 0.15) is 6.17 Å². The molecule has 2 aliphatic rings. The Balaban J connectivity index is 2.34. The van der Waals surface area contributed by atoms with Gasteiger partial charge < -0.3 is 5.11 Å². The van der Waals surface area contributed by atoms with Crippen molar-refractivity contribution in [2.75, 3.05) is 13.1 Å². The molecule has 2 saturated heterocycles. The zero-order valence-electron chi connectivity index (χ0n) is 9.26. The quantitative estimate of drug-likeness (QED) is 0.641. The van der Waals surface area contributed by atoms with Crippen LogP contribution in [0.25, 0.3) is 0 Å². The van der Waals surface area contributed by atoms with Crippen LogP contribution < -0.4 is 0 Å². The minimum absolute atomic E-state index is 0.123. The summed E-state index contributed by atoms with van der Waals surface area (Å²) in [7, 11) is 0. The van der Waals surface area contributed by atoms with Gasteiger partial charge in [-0.3, -0.25) is 4.90 Å². The molecule has 0 aromatic rings. The van der Waals surface area contributed by atoms with Gasteiger partial charge >= 0.3 is 0 Å². The molecule has 0 aromatic heterocycles. The van der Waals surface area contributed by atoms with Gasteiger partial charge in [-0.15, -0.1) is 0 Å². The molecule has 0 spiro atoms. The van der Waals surface area contributed by atoms with Crippen molar-refractivity contribution in [1.82, 2.24) is 4.90 Å². The third-order valence-electron chi connectivity index (χ3n) is 3.30. The predicted molar refractivity (Wildman–Crippen MR) is 44.7 cm³/mol. The summed E-state index contributed by atoms with van der Waals surface area (Å²) in [5.41, 5.74) is -0.966. The molecule has 12 heavy (non-hydrogen) atoms. The lowest BCUT2D eigenvalue weighted by atomic mass is 9.95. The summed E-state index contributed by atoms with van der Waals surface area (Å²) in [6.45, 7) is 0.170. The van der Waals surface area contributed by atoms with E-state index < -0.39 is 18.3 Å². The normalized spacial score (nSPS) is 51.9. The summed E-state index contributed by atoms with van der Waals surface area (Å²) in [5.74, 6) is 0. The topological polar surface area (TPSA) is 23.5 Å². The molecule has 3 heteroatoms. The first-order valence-corrected chi connectivity index (χ1v) is 4.52. The molecule has 0 radical (unpaired) electrons. The standard InChI is InChI=1S/C9H16FNO/c1-7-8(10)5-9(6-12)3-2-4-11(7)9/h7-8,12H,2-6H2,1H3/t7-,8-,9+/m1/s1/i6D2. The Kier molecular flexibility index (Phi) is 1.41. The molecule has 2 aliphatic heterocycles. The molecule has 2 nitrogen and oxygen atoms in total. The maximum Gasteiger partial charge on any atom is 0.117 e. The molecule has 0 amide bonds. The molecule has 0 saturated carbocycles. The summed E-state index contributed by atoms with van der Waals surface area (Å²) < 4.78 is 28.4. The van der Waals surface area contributed by atoms with Crippen molar-refractivity contribution in [3.05, 3.63) is 0 Å². The monoisotopic (exact) mass is 175 g/mol. The highest BCUT2D eigenvalue weighted by atomic mass is 19.1. The molecule has 2 heterocycles. The van der Waals surface area contributed by atoms with Gasteiger partial charge in [-0.1, -0.05) is 0 Å². The Morgan fingerprint density at radius 1 is 1.83 bits per heavy atom. The first-order valence-electron chi connectivity index (χ1n) is 5.52. The van der Waals surface area contributed by atoms with Crippen LogP contribution in [-0.4, -0.2) is 40.9 Å². The van der Waals surface area contributed by atoms with Gasteiger partial charge in [0.05, 0.1) is 9.30 Å². The SMILES string of the molecule is [2H]C([2H])(O)[C@@]12CCCN1[C@H](C)[C@H](F)C2. The third-order valence-corrected chi connectivity index (χ3v) is 3.30. The van der Waals surface area contributed by atoms with Crippen molar-refractivity contribution in [1.29, 1.82) is 0 Å². The van der Waals surface area contributed by atoms with Crippen LogP contribution in [0.4, 0.5) is 4.39 Å². The van der Waals surface area contributed by atoms with E-state index in [0.717, 1.165) is 6.42 Å². The van der Waals surface area contributed by atoms with E-state index in [1.165, 1.54) is 0 Å². The van der Waals surface area contributed by atoms with E-state index in [0.29, 0.717) is 13.0 Å². The van der Waals surface area contributed by atoms with Gasteiger partial charge in [0.2, 0.25) is 0 Å². The van der Waals surface area contributed by atoms with Crippen molar-refractivity contribution >= 4 is 0 Å². The summed E-state index contributed by atoms with van der Waals surface area (Å²) in [6.07, 6.45) is 0.508. The molecule has 2 rings (SSSR count). The highest BCUT2D eigenvalue weighted by Gasteiger charge is 2.52. The maximum atomic E-state index is 13.5.